The Morgan fingerprint density at radius 2 is 2.22 bits per heavy atom. The van der Waals surface area contributed by atoms with Crippen molar-refractivity contribution >= 4 is 22.9 Å². The minimum Gasteiger partial charge on any atom is -0.472 e. The monoisotopic (exact) mass is 250 g/mol. The normalized spacial score (nSPS) is 23.5. The van der Waals surface area contributed by atoms with Crippen molar-refractivity contribution in [3.8, 4) is 0 Å². The Labute approximate surface area is 101 Å². The molecule has 1 aliphatic rings. The Morgan fingerprint density at radius 1 is 1.44 bits per heavy atom. The van der Waals surface area contributed by atoms with Gasteiger partial charge in [-0.3, -0.25) is 4.57 Å². The average Bonchev–Trinajstić information content (AvgIpc) is 2.83. The van der Waals surface area contributed by atoms with Gasteiger partial charge in [0.1, 0.15) is 17.6 Å². The van der Waals surface area contributed by atoms with Crippen LogP contribution in [0.5, 0.6) is 0 Å². The first kappa shape index (κ1) is 10.8. The standard InChI is InChI=1S/C10H11FN6O/c1-4-5(11)2-6(18-4)17-3-14-7-8(12)15-10(13)16-9(7)17/h3,5-6H,1-2H2,(H4,12,13,15,16)/t5-,6+/m0/s1. The summed E-state index contributed by atoms with van der Waals surface area (Å²) in [5.41, 5.74) is 12.1. The molecule has 4 N–H and O–H groups in total. The molecule has 0 saturated carbocycles. The van der Waals surface area contributed by atoms with Crippen molar-refractivity contribution < 1.29 is 9.13 Å². The highest BCUT2D eigenvalue weighted by Crippen LogP contribution is 2.34. The molecule has 0 spiro atoms. The molecule has 8 heteroatoms. The van der Waals surface area contributed by atoms with Crippen molar-refractivity contribution in [1.82, 2.24) is 19.5 Å². The molecule has 1 aliphatic heterocycles. The number of halogens is 1. The molecule has 2 aromatic rings. The lowest BCUT2D eigenvalue weighted by atomic mass is 10.3. The minimum absolute atomic E-state index is 0.0374. The molecule has 3 heterocycles. The van der Waals surface area contributed by atoms with E-state index in [9.17, 15) is 4.39 Å². The van der Waals surface area contributed by atoms with E-state index in [1.54, 1.807) is 4.57 Å². The maximum atomic E-state index is 13.4. The molecule has 18 heavy (non-hydrogen) atoms. The number of nitrogens with zero attached hydrogens (tertiary/aromatic N) is 4. The fraction of sp³-hybridized carbons (Fsp3) is 0.300. The largest absolute Gasteiger partial charge is 0.472 e. The lowest BCUT2D eigenvalue weighted by Gasteiger charge is -2.11. The molecule has 94 valence electrons. The van der Waals surface area contributed by atoms with Crippen molar-refractivity contribution in [2.45, 2.75) is 18.8 Å². The van der Waals surface area contributed by atoms with Crippen molar-refractivity contribution in [2.24, 2.45) is 0 Å². The number of allylic oxidation sites excluding steroid dienone is 1. The van der Waals surface area contributed by atoms with Crippen LogP contribution in [0.15, 0.2) is 18.7 Å². The smallest absolute Gasteiger partial charge is 0.224 e. The van der Waals surface area contributed by atoms with Crippen LogP contribution in [0, 0.1) is 0 Å². The summed E-state index contributed by atoms with van der Waals surface area (Å²) in [5.74, 6) is 0.331. The molecule has 2 aromatic heterocycles. The van der Waals surface area contributed by atoms with Crippen LogP contribution >= 0.6 is 0 Å². The molecule has 7 nitrogen and oxygen atoms in total. The Hall–Kier alpha value is -2.38. The van der Waals surface area contributed by atoms with Gasteiger partial charge in [0.15, 0.2) is 23.9 Å². The molecule has 3 rings (SSSR count). The van der Waals surface area contributed by atoms with Gasteiger partial charge in [-0.2, -0.15) is 9.97 Å². The maximum Gasteiger partial charge on any atom is 0.224 e. The topological polar surface area (TPSA) is 105 Å². The average molecular weight is 250 g/mol. The highest BCUT2D eigenvalue weighted by atomic mass is 19.1. The lowest BCUT2D eigenvalue weighted by Crippen LogP contribution is -2.08. The van der Waals surface area contributed by atoms with E-state index in [1.165, 1.54) is 6.33 Å². The number of nitrogen functional groups attached to an aromatic ring is 2. The summed E-state index contributed by atoms with van der Waals surface area (Å²) in [5, 5.41) is 0. The second-order valence-electron chi connectivity index (χ2n) is 4.03. The van der Waals surface area contributed by atoms with Gasteiger partial charge in [0.2, 0.25) is 5.95 Å². The number of hydrogen-bond acceptors (Lipinski definition) is 6. The third kappa shape index (κ3) is 1.45. The first-order valence-corrected chi connectivity index (χ1v) is 5.31. The van der Waals surface area contributed by atoms with Crippen LogP contribution in [0.2, 0.25) is 0 Å². The predicted molar refractivity (Wildman–Crippen MR) is 62.9 cm³/mol. The lowest BCUT2D eigenvalue weighted by molar-refractivity contribution is 0.102. The zero-order valence-corrected chi connectivity index (χ0v) is 9.38. The van der Waals surface area contributed by atoms with Crippen LogP contribution in [0.25, 0.3) is 11.2 Å². The van der Waals surface area contributed by atoms with E-state index in [0.29, 0.717) is 11.2 Å². The van der Waals surface area contributed by atoms with Gasteiger partial charge in [-0.15, -0.1) is 0 Å². The Kier molecular flexibility index (Phi) is 2.12. The molecule has 2 atom stereocenters. The molecular formula is C10H11FN6O. The van der Waals surface area contributed by atoms with E-state index in [-0.39, 0.29) is 23.9 Å². The fourth-order valence-corrected chi connectivity index (χ4v) is 1.94. The molecule has 0 radical (unpaired) electrons. The van der Waals surface area contributed by atoms with E-state index >= 15 is 0 Å². The third-order valence-electron chi connectivity index (χ3n) is 2.82. The van der Waals surface area contributed by atoms with Crippen molar-refractivity contribution in [1.29, 1.82) is 0 Å². The van der Waals surface area contributed by atoms with Gasteiger partial charge >= 0.3 is 0 Å². The molecule has 0 amide bonds. The summed E-state index contributed by atoms with van der Waals surface area (Å²) in [6.07, 6.45) is -0.0886. The molecule has 0 aromatic carbocycles. The first-order valence-electron chi connectivity index (χ1n) is 5.31. The van der Waals surface area contributed by atoms with Crippen LogP contribution in [0.3, 0.4) is 0 Å². The number of aromatic nitrogens is 4. The molecule has 0 aliphatic carbocycles. The first-order chi connectivity index (χ1) is 8.56. The fourth-order valence-electron chi connectivity index (χ4n) is 1.94. The predicted octanol–water partition coefficient (Wildman–Crippen LogP) is 0.761. The SMILES string of the molecule is C=C1O[C@@H](n2cnc3c(N)nc(N)nc32)C[C@@H]1F. The number of fused-ring (bicyclic) bond motifs is 1. The zero-order valence-electron chi connectivity index (χ0n) is 9.38. The summed E-state index contributed by atoms with van der Waals surface area (Å²) in [6.45, 7) is 3.50. The quantitative estimate of drug-likeness (QED) is 0.774. The second-order valence-corrected chi connectivity index (χ2v) is 4.03. The van der Waals surface area contributed by atoms with Crippen molar-refractivity contribution in [3.05, 3.63) is 18.7 Å². The highest BCUT2D eigenvalue weighted by molar-refractivity contribution is 5.82. The van der Waals surface area contributed by atoms with E-state index in [4.69, 9.17) is 16.2 Å². The van der Waals surface area contributed by atoms with Crippen molar-refractivity contribution in [3.63, 3.8) is 0 Å². The van der Waals surface area contributed by atoms with E-state index in [0.717, 1.165) is 0 Å². The minimum atomic E-state index is -1.19. The third-order valence-corrected chi connectivity index (χ3v) is 2.82. The zero-order chi connectivity index (χ0) is 12.9. The number of hydrogen-bond donors (Lipinski definition) is 2. The highest BCUT2D eigenvalue weighted by Gasteiger charge is 2.32. The summed E-state index contributed by atoms with van der Waals surface area (Å²) in [4.78, 5) is 11.9. The Bertz CT molecular complexity index is 639. The number of nitrogens with two attached hydrogens (primary N) is 2. The number of anilines is 2. The summed E-state index contributed by atoms with van der Waals surface area (Å²) >= 11 is 0. The molecule has 0 bridgehead atoms. The second kappa shape index (κ2) is 3.56. The number of rotatable bonds is 1. The molecular weight excluding hydrogens is 239 g/mol. The molecule has 0 unspecified atom stereocenters. The van der Waals surface area contributed by atoms with E-state index in [1.807, 2.05) is 0 Å². The van der Waals surface area contributed by atoms with Crippen molar-refractivity contribution in [2.75, 3.05) is 11.5 Å². The van der Waals surface area contributed by atoms with E-state index in [2.05, 4.69) is 21.5 Å². The van der Waals surface area contributed by atoms with Crippen LogP contribution in [-0.4, -0.2) is 25.7 Å². The summed E-state index contributed by atoms with van der Waals surface area (Å²) in [7, 11) is 0. The molecule has 1 fully saturated rings. The van der Waals surface area contributed by atoms with Gasteiger partial charge < -0.3 is 16.2 Å². The molecule has 1 saturated heterocycles. The van der Waals surface area contributed by atoms with Crippen LogP contribution in [-0.2, 0) is 4.74 Å². The van der Waals surface area contributed by atoms with Crippen LogP contribution < -0.4 is 11.5 Å². The van der Waals surface area contributed by atoms with Crippen LogP contribution in [0.4, 0.5) is 16.2 Å². The van der Waals surface area contributed by atoms with Gasteiger partial charge in [0, 0.05) is 6.42 Å². The van der Waals surface area contributed by atoms with Gasteiger partial charge in [0.05, 0.1) is 0 Å². The number of imidazole rings is 1. The summed E-state index contributed by atoms with van der Waals surface area (Å²) in [6, 6.07) is 0. The van der Waals surface area contributed by atoms with Gasteiger partial charge in [0.25, 0.3) is 0 Å². The Balaban J connectivity index is 2.11. The van der Waals surface area contributed by atoms with Gasteiger partial charge in [-0.25, -0.2) is 9.37 Å². The van der Waals surface area contributed by atoms with Gasteiger partial charge in [-0.05, 0) is 0 Å². The number of ether oxygens (including phenoxy) is 1. The Morgan fingerprint density at radius 3 is 2.89 bits per heavy atom. The summed E-state index contributed by atoms with van der Waals surface area (Å²) < 4.78 is 20.3. The maximum absolute atomic E-state index is 13.4. The number of alkyl halides is 1. The van der Waals surface area contributed by atoms with E-state index < -0.39 is 12.4 Å². The van der Waals surface area contributed by atoms with Crippen LogP contribution in [0.1, 0.15) is 12.6 Å². The van der Waals surface area contributed by atoms with Gasteiger partial charge in [-0.1, -0.05) is 6.58 Å².